The maximum atomic E-state index is 11.6. The van der Waals surface area contributed by atoms with Crippen molar-refractivity contribution in [2.75, 3.05) is 53.0 Å². The van der Waals surface area contributed by atoms with Gasteiger partial charge < -0.3 is 60.0 Å². The second-order valence-electron chi connectivity index (χ2n) is 9.51. The third kappa shape index (κ3) is 20.1. The van der Waals surface area contributed by atoms with Crippen LogP contribution in [0.4, 0.5) is 0 Å². The molecular formula is C26H44GaKN4O14. The molecule has 6 unspecified atom stereocenters. The molecule has 0 aliphatic carbocycles. The van der Waals surface area contributed by atoms with Crippen LogP contribution in [0.2, 0.25) is 0 Å². The molecule has 1 aromatic heterocycles. The Bertz CT molecular complexity index is 1080. The third-order valence-corrected chi connectivity index (χ3v) is 6.28. The molecule has 2 aliphatic heterocycles. The van der Waals surface area contributed by atoms with Crippen LogP contribution in [0.25, 0.3) is 0 Å². The Balaban J connectivity index is 0. The van der Waals surface area contributed by atoms with Gasteiger partial charge in [-0.15, -0.1) is 6.61 Å². The Morgan fingerprint density at radius 1 is 1.15 bits per heavy atom. The second-order valence-corrected chi connectivity index (χ2v) is 10.1. The summed E-state index contributed by atoms with van der Waals surface area (Å²) in [5.74, 6) is -0.0759. The molecular weight excluding hydrogens is 701 g/mol. The average Bonchev–Trinajstić information content (AvgIpc) is 3.48. The summed E-state index contributed by atoms with van der Waals surface area (Å²) in [6.45, 7) is 0.791. The molecule has 2 radical (unpaired) electrons. The van der Waals surface area contributed by atoms with E-state index in [1.54, 1.807) is 0 Å². The van der Waals surface area contributed by atoms with E-state index < -0.39 is 48.7 Å². The smallest absolute Gasteiger partial charge is 0.853 e. The van der Waals surface area contributed by atoms with E-state index in [1.807, 2.05) is 4.62 Å². The van der Waals surface area contributed by atoms with Crippen molar-refractivity contribution in [3.8, 4) is 4.62 Å². The van der Waals surface area contributed by atoms with Crippen molar-refractivity contribution >= 4 is 24.5 Å². The van der Waals surface area contributed by atoms with E-state index in [-0.39, 0.29) is 88.7 Å². The van der Waals surface area contributed by atoms with Crippen LogP contribution in [0.5, 0.6) is 0 Å². The number of carbonyl (C=O) groups is 1. The molecule has 8 N–H and O–H groups in total. The second kappa shape index (κ2) is 29.4. The number of amides is 1. The molecule has 2 aliphatic rings. The van der Waals surface area contributed by atoms with Crippen LogP contribution in [-0.2, 0) is 28.5 Å². The van der Waals surface area contributed by atoms with Gasteiger partial charge in [0.05, 0.1) is 32.5 Å². The molecule has 2 fully saturated rings. The molecule has 256 valence electrons. The molecule has 1 aromatic rings. The van der Waals surface area contributed by atoms with Gasteiger partial charge in [0.15, 0.2) is 6.29 Å². The number of aliphatic hydroxyl groups is 4. The van der Waals surface area contributed by atoms with E-state index in [0.29, 0.717) is 65.1 Å². The van der Waals surface area contributed by atoms with Gasteiger partial charge in [-0.2, -0.15) is 0 Å². The maximum absolute atomic E-state index is 11.6. The Kier molecular flexibility index (Phi) is 30.4. The van der Waals surface area contributed by atoms with Crippen LogP contribution in [0, 0.1) is 9.89 Å². The van der Waals surface area contributed by atoms with Gasteiger partial charge in [0, 0.05) is 44.4 Å². The minimum absolute atomic E-state index is 0. The summed E-state index contributed by atoms with van der Waals surface area (Å²) in [4.78, 5) is 36.0. The number of H-pyrrole nitrogens is 1. The minimum atomic E-state index is -1.12. The summed E-state index contributed by atoms with van der Waals surface area (Å²) < 4.78 is 29.2. The number of carbonyl (C=O) groups excluding carboxylic acids is 1. The van der Waals surface area contributed by atoms with Crippen molar-refractivity contribution in [2.24, 2.45) is 0 Å². The fourth-order valence-electron chi connectivity index (χ4n) is 4.08. The first-order valence-electron chi connectivity index (χ1n) is 14.1. The standard InChI is InChI=1S/C16H31NO9.C9H11N2O4.CN.Ga.K.H2O/c18-10-13-16(22)12(20)9-15(26-13)25-5-2-1-3-14(21)17-4-6-23-7-8-24-11-19;12-5-6-1-2-8(15-6)11-4-3-7(13)10-9(11)14;1-2;;;/h12-13,15-16,18-20,22H,1-11H2,(H,17,21);3-4,6,8H,1-2,5H2,(H,10,13,14);;;;1H2/q;-1;;;+1;. The number of nitrogens with one attached hydrogen (secondary N) is 2. The molecule has 1 amide bonds. The summed E-state index contributed by atoms with van der Waals surface area (Å²) in [5.41, 5.74) is -0.936. The molecule has 18 nitrogen and oxygen atoms in total. The molecule has 3 rings (SSSR count). The van der Waals surface area contributed by atoms with Crippen molar-refractivity contribution in [1.82, 2.24) is 14.9 Å². The van der Waals surface area contributed by atoms with Crippen LogP contribution in [0.1, 0.15) is 44.8 Å². The quantitative estimate of drug-likeness (QED) is 0.0521. The number of aromatic nitrogens is 2. The first-order valence-corrected chi connectivity index (χ1v) is 15.3. The fourth-order valence-corrected chi connectivity index (χ4v) is 4.08. The molecule has 6 atom stereocenters. The van der Waals surface area contributed by atoms with Gasteiger partial charge in [0.1, 0.15) is 25.2 Å². The minimum Gasteiger partial charge on any atom is -0.853 e. The number of nitrogens with zero attached hydrogens (tertiary/aromatic N) is 2. The van der Waals surface area contributed by atoms with Crippen LogP contribution >= 0.6 is 0 Å². The van der Waals surface area contributed by atoms with E-state index in [2.05, 4.69) is 15.0 Å². The molecule has 0 saturated carbocycles. The van der Waals surface area contributed by atoms with Crippen LogP contribution < -0.4 is 73.1 Å². The number of rotatable bonds is 16. The summed E-state index contributed by atoms with van der Waals surface area (Å²) >= 11 is 1.09. The van der Waals surface area contributed by atoms with E-state index in [9.17, 15) is 29.7 Å². The van der Waals surface area contributed by atoms with Crippen molar-refractivity contribution < 1.29 is 111 Å². The fraction of sp³-hybridized carbons (Fsp3) is 0.769. The first-order chi connectivity index (χ1) is 21.2. The molecule has 46 heavy (non-hydrogen) atoms. The zero-order chi connectivity index (χ0) is 32.7. The van der Waals surface area contributed by atoms with Crippen LogP contribution in [-0.4, -0.2) is 144 Å². The normalized spacial score (nSPS) is 23.2. The SMILES string of the molecule is N#[C][Ga].O.O=C(CCCCOC1CC(O)C(O)C(CO)O1)NCCOCCOCO.O=c1ccn(C2CCC(C[O-])O2)c(=O)[nH]1.[K+]. The maximum Gasteiger partial charge on any atom is 1.00 e. The van der Waals surface area contributed by atoms with Gasteiger partial charge in [0.2, 0.25) is 5.91 Å². The molecule has 0 spiro atoms. The largest absolute Gasteiger partial charge is 1.00 e. The predicted octanol–water partition coefficient (Wildman–Crippen LogP) is -7.51. The number of hydrogen-bond donors (Lipinski definition) is 6. The Hall–Kier alpha value is -0.527. The summed E-state index contributed by atoms with van der Waals surface area (Å²) in [7, 11) is 0. The summed E-state index contributed by atoms with van der Waals surface area (Å²) in [6.07, 6.45) is 0.0647. The predicted molar refractivity (Wildman–Crippen MR) is 153 cm³/mol. The van der Waals surface area contributed by atoms with Crippen molar-refractivity contribution in [3.63, 3.8) is 0 Å². The Morgan fingerprint density at radius 3 is 2.46 bits per heavy atom. The molecule has 0 aromatic carbocycles. The Morgan fingerprint density at radius 2 is 1.85 bits per heavy atom. The molecule has 0 bridgehead atoms. The van der Waals surface area contributed by atoms with E-state index in [4.69, 9.17) is 34.4 Å². The Labute approximate surface area is 319 Å². The number of nitriles is 1. The summed E-state index contributed by atoms with van der Waals surface area (Å²) in [5, 5.41) is 57.4. The number of aliphatic hydroxyl groups excluding tert-OH is 4. The zero-order valence-corrected chi connectivity index (χ0v) is 31.5. The molecule has 20 heteroatoms. The first kappa shape index (κ1) is 47.6. The monoisotopic (exact) mass is 744 g/mol. The van der Waals surface area contributed by atoms with Gasteiger partial charge in [-0.1, -0.05) is 0 Å². The zero-order valence-electron chi connectivity index (χ0n) is 26.0. The van der Waals surface area contributed by atoms with Crippen molar-refractivity contribution in [3.05, 3.63) is 33.1 Å². The third-order valence-electron chi connectivity index (χ3n) is 6.28. The van der Waals surface area contributed by atoms with Crippen LogP contribution in [0.15, 0.2) is 21.9 Å². The van der Waals surface area contributed by atoms with E-state index >= 15 is 0 Å². The number of aromatic amines is 1. The number of hydrogen-bond acceptors (Lipinski definition) is 14. The molecule has 3 heterocycles. The van der Waals surface area contributed by atoms with E-state index in [0.717, 1.165) is 18.6 Å². The summed E-state index contributed by atoms with van der Waals surface area (Å²) in [6, 6.07) is 1.26. The van der Waals surface area contributed by atoms with Crippen molar-refractivity contribution in [1.29, 1.82) is 5.26 Å². The topological polar surface area (TPSA) is 289 Å². The molecule has 2 saturated heterocycles. The number of ether oxygens (including phenoxy) is 5. The average molecular weight is 745 g/mol. The van der Waals surface area contributed by atoms with Crippen molar-refractivity contribution in [2.45, 2.75) is 75.5 Å². The van der Waals surface area contributed by atoms with Gasteiger partial charge in [0.25, 0.3) is 5.56 Å². The van der Waals surface area contributed by atoms with E-state index in [1.165, 1.54) is 16.8 Å². The van der Waals surface area contributed by atoms with Gasteiger partial charge in [-0.05, 0) is 25.7 Å². The van der Waals surface area contributed by atoms with Gasteiger partial charge in [-0.3, -0.25) is 19.1 Å². The van der Waals surface area contributed by atoms with Crippen LogP contribution in [0.3, 0.4) is 0 Å². The van der Waals surface area contributed by atoms with Gasteiger partial charge in [-0.25, -0.2) is 4.79 Å². The van der Waals surface area contributed by atoms with Gasteiger partial charge >= 0.3 is 85.6 Å². The number of unbranched alkanes of at least 4 members (excludes halogenated alkanes) is 1.